The second-order valence-electron chi connectivity index (χ2n) is 4.86. The molecular weight excluding hydrogens is 216 g/mol. The molecule has 0 aliphatic heterocycles. The average Bonchev–Trinajstić information content (AvgIpc) is 2.42. The summed E-state index contributed by atoms with van der Waals surface area (Å²) in [5, 5.41) is 0. The molecule has 0 bridgehead atoms. The first kappa shape index (κ1) is 14.8. The van der Waals surface area contributed by atoms with Gasteiger partial charge < -0.3 is 0 Å². The standard InChI is InChI=1S/C18H25/c1-3-5-7-8-9-10-12-18-15-13-17(14-16-18)11-6-4-2/h13-16H,2-3,5,7-12H2,1H3. The van der Waals surface area contributed by atoms with Crippen LogP contribution in [0.2, 0.25) is 0 Å². The van der Waals surface area contributed by atoms with Gasteiger partial charge in [0.05, 0.1) is 0 Å². The van der Waals surface area contributed by atoms with Gasteiger partial charge in [0.15, 0.2) is 0 Å². The fraction of sp³-hybridized carbons (Fsp3) is 0.500. The zero-order valence-corrected chi connectivity index (χ0v) is 11.7. The molecule has 0 aromatic heterocycles. The molecular formula is C18H25. The van der Waals surface area contributed by atoms with Crippen LogP contribution in [0.4, 0.5) is 0 Å². The largest absolute Gasteiger partial charge is 0.102 e. The number of unbranched alkanes of at least 4 members (excludes halogenated alkanes) is 5. The number of benzene rings is 1. The lowest BCUT2D eigenvalue weighted by Gasteiger charge is -2.03. The zero-order valence-electron chi connectivity index (χ0n) is 11.7. The van der Waals surface area contributed by atoms with Crippen molar-refractivity contribution in [2.45, 2.75) is 58.3 Å². The zero-order chi connectivity index (χ0) is 13.1. The maximum Gasteiger partial charge on any atom is 0.0340 e. The molecule has 1 radical (unpaired) electrons. The molecule has 0 N–H and O–H groups in total. The summed E-state index contributed by atoms with van der Waals surface area (Å²) < 4.78 is 0. The van der Waals surface area contributed by atoms with Crippen molar-refractivity contribution >= 4 is 0 Å². The van der Waals surface area contributed by atoms with Crippen molar-refractivity contribution in [1.29, 1.82) is 0 Å². The summed E-state index contributed by atoms with van der Waals surface area (Å²) in [6.07, 6.45) is 10.2. The van der Waals surface area contributed by atoms with Crippen molar-refractivity contribution in [1.82, 2.24) is 0 Å². The monoisotopic (exact) mass is 241 g/mol. The number of hydrogen-bond acceptors (Lipinski definition) is 0. The molecule has 0 heteroatoms. The van der Waals surface area contributed by atoms with E-state index in [-0.39, 0.29) is 0 Å². The molecule has 1 rings (SSSR count). The van der Waals surface area contributed by atoms with Crippen LogP contribution in [0.15, 0.2) is 24.3 Å². The Morgan fingerprint density at radius 2 is 1.50 bits per heavy atom. The third kappa shape index (κ3) is 6.50. The Kier molecular flexibility index (Phi) is 8.06. The lowest BCUT2D eigenvalue weighted by Crippen LogP contribution is -1.88. The van der Waals surface area contributed by atoms with E-state index in [4.69, 9.17) is 0 Å². The highest BCUT2D eigenvalue weighted by molar-refractivity contribution is 5.26. The molecule has 1 aromatic rings. The van der Waals surface area contributed by atoms with Crippen LogP contribution < -0.4 is 0 Å². The van der Waals surface area contributed by atoms with Gasteiger partial charge in [-0.2, -0.15) is 0 Å². The first-order chi connectivity index (χ1) is 8.86. The summed E-state index contributed by atoms with van der Waals surface area (Å²) in [6.45, 7) is 5.79. The molecule has 0 aliphatic rings. The minimum absolute atomic E-state index is 0.820. The Morgan fingerprint density at radius 3 is 2.17 bits per heavy atom. The van der Waals surface area contributed by atoms with Crippen LogP contribution in [0.1, 0.15) is 56.6 Å². The van der Waals surface area contributed by atoms with E-state index in [0.717, 1.165) is 6.42 Å². The Morgan fingerprint density at radius 1 is 0.889 bits per heavy atom. The lowest BCUT2D eigenvalue weighted by atomic mass is 10.0. The number of rotatable bonds is 8. The summed E-state index contributed by atoms with van der Waals surface area (Å²) in [6, 6.07) is 8.87. The van der Waals surface area contributed by atoms with Gasteiger partial charge in [-0.3, -0.25) is 0 Å². The van der Waals surface area contributed by atoms with E-state index in [0.29, 0.717) is 0 Å². The summed E-state index contributed by atoms with van der Waals surface area (Å²) in [5.74, 6) is 5.68. The quantitative estimate of drug-likeness (QED) is 0.445. The highest BCUT2D eigenvalue weighted by Gasteiger charge is 1.95. The van der Waals surface area contributed by atoms with Crippen molar-refractivity contribution in [2.24, 2.45) is 0 Å². The van der Waals surface area contributed by atoms with E-state index < -0.39 is 0 Å². The van der Waals surface area contributed by atoms with Gasteiger partial charge in [-0.25, -0.2) is 0 Å². The van der Waals surface area contributed by atoms with Crippen molar-refractivity contribution in [3.63, 3.8) is 0 Å². The highest BCUT2D eigenvalue weighted by Crippen LogP contribution is 2.11. The molecule has 0 amide bonds. The molecule has 0 nitrogen and oxygen atoms in total. The predicted molar refractivity (Wildman–Crippen MR) is 80.4 cm³/mol. The maximum absolute atomic E-state index is 3.53. The van der Waals surface area contributed by atoms with Crippen molar-refractivity contribution in [2.75, 3.05) is 0 Å². The van der Waals surface area contributed by atoms with Crippen molar-refractivity contribution in [3.05, 3.63) is 42.3 Å². The SMILES string of the molecule is [CH2]C#CCc1ccc(CCCCCCCC)cc1. The molecule has 0 heterocycles. The fourth-order valence-electron chi connectivity index (χ4n) is 2.10. The van der Waals surface area contributed by atoms with E-state index in [9.17, 15) is 0 Å². The molecule has 0 saturated carbocycles. The Labute approximate surface area is 113 Å². The molecule has 0 spiro atoms. The summed E-state index contributed by atoms with van der Waals surface area (Å²) in [7, 11) is 0. The van der Waals surface area contributed by atoms with Gasteiger partial charge in [0, 0.05) is 13.3 Å². The summed E-state index contributed by atoms with van der Waals surface area (Å²) in [5.41, 5.74) is 2.75. The van der Waals surface area contributed by atoms with E-state index in [2.05, 4.69) is 50.0 Å². The average molecular weight is 241 g/mol. The second kappa shape index (κ2) is 9.77. The third-order valence-electron chi connectivity index (χ3n) is 3.26. The normalized spacial score (nSPS) is 9.89. The van der Waals surface area contributed by atoms with E-state index in [1.807, 2.05) is 0 Å². The molecule has 0 aliphatic carbocycles. The first-order valence-electron chi connectivity index (χ1n) is 7.19. The van der Waals surface area contributed by atoms with Gasteiger partial charge in [0.2, 0.25) is 0 Å². The summed E-state index contributed by atoms with van der Waals surface area (Å²) in [4.78, 5) is 0. The van der Waals surface area contributed by atoms with Crippen LogP contribution in [0, 0.1) is 18.8 Å². The number of hydrogen-bond donors (Lipinski definition) is 0. The van der Waals surface area contributed by atoms with Crippen LogP contribution in [0.25, 0.3) is 0 Å². The second-order valence-corrected chi connectivity index (χ2v) is 4.86. The Balaban J connectivity index is 2.19. The van der Waals surface area contributed by atoms with Crippen LogP contribution in [0.5, 0.6) is 0 Å². The molecule has 1 aromatic carbocycles. The minimum Gasteiger partial charge on any atom is -0.102 e. The van der Waals surface area contributed by atoms with Gasteiger partial charge in [-0.15, -0.1) is 5.92 Å². The van der Waals surface area contributed by atoms with E-state index in [1.165, 1.54) is 56.1 Å². The number of aryl methyl sites for hydroxylation is 1. The first-order valence-corrected chi connectivity index (χ1v) is 7.19. The molecule has 0 atom stereocenters. The minimum atomic E-state index is 0.820. The van der Waals surface area contributed by atoms with Crippen molar-refractivity contribution < 1.29 is 0 Å². The third-order valence-corrected chi connectivity index (χ3v) is 3.26. The van der Waals surface area contributed by atoms with Crippen molar-refractivity contribution in [3.8, 4) is 11.8 Å². The molecule has 0 saturated heterocycles. The molecule has 18 heavy (non-hydrogen) atoms. The molecule has 97 valence electrons. The smallest absolute Gasteiger partial charge is 0.0340 e. The van der Waals surface area contributed by atoms with Gasteiger partial charge in [-0.05, 0) is 24.0 Å². The Bertz CT molecular complexity index is 361. The van der Waals surface area contributed by atoms with Gasteiger partial charge in [0.1, 0.15) is 0 Å². The van der Waals surface area contributed by atoms with Gasteiger partial charge in [0.25, 0.3) is 0 Å². The van der Waals surface area contributed by atoms with E-state index >= 15 is 0 Å². The lowest BCUT2D eigenvalue weighted by molar-refractivity contribution is 0.607. The van der Waals surface area contributed by atoms with Crippen LogP contribution >= 0.6 is 0 Å². The van der Waals surface area contributed by atoms with Crippen LogP contribution in [0.3, 0.4) is 0 Å². The molecule has 0 fully saturated rings. The van der Waals surface area contributed by atoms with E-state index in [1.54, 1.807) is 0 Å². The fourth-order valence-corrected chi connectivity index (χ4v) is 2.10. The van der Waals surface area contributed by atoms with Crippen LogP contribution in [-0.4, -0.2) is 0 Å². The summed E-state index contributed by atoms with van der Waals surface area (Å²) >= 11 is 0. The molecule has 0 unspecified atom stereocenters. The van der Waals surface area contributed by atoms with Crippen LogP contribution in [-0.2, 0) is 12.8 Å². The topological polar surface area (TPSA) is 0 Å². The van der Waals surface area contributed by atoms with Gasteiger partial charge >= 0.3 is 0 Å². The predicted octanol–water partition coefficient (Wildman–Crippen LogP) is 4.97. The Hall–Kier alpha value is -1.22. The van der Waals surface area contributed by atoms with Gasteiger partial charge in [-0.1, -0.05) is 69.2 Å². The highest BCUT2D eigenvalue weighted by atomic mass is 14.0. The maximum atomic E-state index is 3.53.